The van der Waals surface area contributed by atoms with Gasteiger partial charge in [-0.3, -0.25) is 9.59 Å². The molecule has 0 aliphatic rings. The standard InChI is InChI=1S/C19H23NO6/c1-4-13-9-14-12(2)8-19(23)26-16(14)10-15(13)25-11-17(21)20-7-5-6-18(22)24-3/h8-10H,4-7,11H2,1-3H3,(H,20,21). The smallest absolute Gasteiger partial charge is 0.336 e. The van der Waals surface area contributed by atoms with E-state index in [1.54, 1.807) is 6.07 Å². The molecule has 0 atom stereocenters. The van der Waals surface area contributed by atoms with Gasteiger partial charge in [0, 0.05) is 30.5 Å². The van der Waals surface area contributed by atoms with Crippen molar-refractivity contribution in [1.29, 1.82) is 0 Å². The van der Waals surface area contributed by atoms with Crippen LogP contribution in [0.1, 0.15) is 30.9 Å². The summed E-state index contributed by atoms with van der Waals surface area (Å²) in [5.74, 6) is -0.0859. The Morgan fingerprint density at radius 2 is 2.00 bits per heavy atom. The predicted molar refractivity (Wildman–Crippen MR) is 96.4 cm³/mol. The third kappa shape index (κ3) is 5.08. The van der Waals surface area contributed by atoms with E-state index in [2.05, 4.69) is 10.1 Å². The van der Waals surface area contributed by atoms with Gasteiger partial charge in [0.15, 0.2) is 6.61 Å². The Kier molecular flexibility index (Phi) is 6.77. The molecule has 0 fully saturated rings. The zero-order valence-electron chi connectivity index (χ0n) is 15.2. The van der Waals surface area contributed by atoms with E-state index in [1.165, 1.54) is 13.2 Å². The largest absolute Gasteiger partial charge is 0.483 e. The molecule has 0 unspecified atom stereocenters. The van der Waals surface area contributed by atoms with Crippen LogP contribution in [-0.2, 0) is 20.7 Å². The molecule has 7 nitrogen and oxygen atoms in total. The summed E-state index contributed by atoms with van der Waals surface area (Å²) in [7, 11) is 1.33. The Hall–Kier alpha value is -2.83. The summed E-state index contributed by atoms with van der Waals surface area (Å²) < 4.78 is 15.4. The average Bonchev–Trinajstić information content (AvgIpc) is 2.62. The Labute approximate surface area is 151 Å². The van der Waals surface area contributed by atoms with Crippen molar-refractivity contribution >= 4 is 22.8 Å². The van der Waals surface area contributed by atoms with Gasteiger partial charge in [-0.2, -0.15) is 0 Å². The quantitative estimate of drug-likeness (QED) is 0.440. The van der Waals surface area contributed by atoms with Gasteiger partial charge < -0.3 is 19.2 Å². The monoisotopic (exact) mass is 361 g/mol. The molecule has 0 spiro atoms. The number of aryl methyl sites for hydroxylation is 2. The zero-order chi connectivity index (χ0) is 19.1. The van der Waals surface area contributed by atoms with E-state index in [1.807, 2.05) is 19.9 Å². The lowest BCUT2D eigenvalue weighted by Crippen LogP contribution is -2.30. The first-order chi connectivity index (χ1) is 12.4. The normalized spacial score (nSPS) is 10.6. The number of rotatable bonds is 8. The minimum atomic E-state index is -0.423. The van der Waals surface area contributed by atoms with Crippen LogP contribution in [0.3, 0.4) is 0 Å². The van der Waals surface area contributed by atoms with Gasteiger partial charge in [-0.15, -0.1) is 0 Å². The zero-order valence-corrected chi connectivity index (χ0v) is 15.2. The van der Waals surface area contributed by atoms with Crippen LogP contribution in [0, 0.1) is 6.92 Å². The van der Waals surface area contributed by atoms with Crippen LogP contribution in [-0.4, -0.2) is 32.1 Å². The average molecular weight is 361 g/mol. The molecule has 0 bridgehead atoms. The second-order valence-corrected chi connectivity index (χ2v) is 5.88. The number of carbonyl (C=O) groups is 2. The van der Waals surface area contributed by atoms with Crippen molar-refractivity contribution in [2.24, 2.45) is 0 Å². The van der Waals surface area contributed by atoms with Crippen LogP contribution in [0.4, 0.5) is 0 Å². The van der Waals surface area contributed by atoms with Crippen LogP contribution in [0.2, 0.25) is 0 Å². The number of benzene rings is 1. The van der Waals surface area contributed by atoms with E-state index in [9.17, 15) is 14.4 Å². The summed E-state index contributed by atoms with van der Waals surface area (Å²) >= 11 is 0. The minimum Gasteiger partial charge on any atom is -0.483 e. The number of amides is 1. The van der Waals surface area contributed by atoms with Gasteiger partial charge in [-0.1, -0.05) is 6.92 Å². The van der Waals surface area contributed by atoms with Crippen molar-refractivity contribution in [2.75, 3.05) is 20.3 Å². The first kappa shape index (κ1) is 19.5. The molecule has 2 aromatic rings. The molecular formula is C19H23NO6. The fourth-order valence-corrected chi connectivity index (χ4v) is 2.56. The van der Waals surface area contributed by atoms with E-state index in [0.29, 0.717) is 30.7 Å². The minimum absolute atomic E-state index is 0.160. The maximum absolute atomic E-state index is 11.9. The maximum Gasteiger partial charge on any atom is 0.336 e. The number of carbonyl (C=O) groups excluding carboxylic acids is 2. The molecule has 1 N–H and O–H groups in total. The van der Waals surface area contributed by atoms with E-state index in [4.69, 9.17) is 9.15 Å². The summed E-state index contributed by atoms with van der Waals surface area (Å²) in [6, 6.07) is 5.01. The van der Waals surface area contributed by atoms with E-state index < -0.39 is 5.63 Å². The van der Waals surface area contributed by atoms with Crippen molar-refractivity contribution in [1.82, 2.24) is 5.32 Å². The molecule has 0 radical (unpaired) electrons. The fraction of sp³-hybridized carbons (Fsp3) is 0.421. The third-order valence-corrected chi connectivity index (χ3v) is 3.98. The van der Waals surface area contributed by atoms with Gasteiger partial charge in [-0.25, -0.2) is 4.79 Å². The molecule has 1 aromatic heterocycles. The Morgan fingerprint density at radius 1 is 1.23 bits per heavy atom. The van der Waals surface area contributed by atoms with E-state index >= 15 is 0 Å². The number of esters is 1. The van der Waals surface area contributed by atoms with Gasteiger partial charge in [0.1, 0.15) is 11.3 Å². The van der Waals surface area contributed by atoms with Gasteiger partial charge in [0.2, 0.25) is 0 Å². The second-order valence-electron chi connectivity index (χ2n) is 5.88. The van der Waals surface area contributed by atoms with Crippen LogP contribution in [0.15, 0.2) is 27.4 Å². The fourth-order valence-electron chi connectivity index (χ4n) is 2.56. The third-order valence-electron chi connectivity index (χ3n) is 3.98. The molecule has 1 aromatic carbocycles. The second kappa shape index (κ2) is 9.03. The summed E-state index contributed by atoms with van der Waals surface area (Å²) in [6.07, 6.45) is 1.46. The summed E-state index contributed by atoms with van der Waals surface area (Å²) in [4.78, 5) is 34.4. The highest BCUT2D eigenvalue weighted by Gasteiger charge is 2.11. The van der Waals surface area contributed by atoms with Crippen molar-refractivity contribution in [3.05, 3.63) is 39.7 Å². The van der Waals surface area contributed by atoms with Gasteiger partial charge in [0.05, 0.1) is 7.11 Å². The molecule has 26 heavy (non-hydrogen) atoms. The molecule has 140 valence electrons. The topological polar surface area (TPSA) is 94.8 Å². The summed E-state index contributed by atoms with van der Waals surface area (Å²) in [6.45, 7) is 4.03. The molecular weight excluding hydrogens is 338 g/mol. The van der Waals surface area contributed by atoms with Crippen molar-refractivity contribution in [3.63, 3.8) is 0 Å². The van der Waals surface area contributed by atoms with E-state index in [0.717, 1.165) is 16.5 Å². The van der Waals surface area contributed by atoms with Crippen LogP contribution < -0.4 is 15.7 Å². The van der Waals surface area contributed by atoms with Crippen LogP contribution >= 0.6 is 0 Å². The van der Waals surface area contributed by atoms with Crippen molar-refractivity contribution < 1.29 is 23.5 Å². The first-order valence-corrected chi connectivity index (χ1v) is 8.48. The highest BCUT2D eigenvalue weighted by atomic mass is 16.5. The van der Waals surface area contributed by atoms with Crippen molar-refractivity contribution in [2.45, 2.75) is 33.1 Å². The molecule has 7 heteroatoms. The molecule has 0 saturated carbocycles. The number of fused-ring (bicyclic) bond motifs is 1. The Morgan fingerprint density at radius 3 is 2.69 bits per heavy atom. The number of hydrogen-bond donors (Lipinski definition) is 1. The lowest BCUT2D eigenvalue weighted by molar-refractivity contribution is -0.140. The maximum atomic E-state index is 11.9. The molecule has 1 heterocycles. The van der Waals surface area contributed by atoms with Crippen LogP contribution in [0.25, 0.3) is 11.0 Å². The lowest BCUT2D eigenvalue weighted by atomic mass is 10.1. The van der Waals surface area contributed by atoms with Gasteiger partial charge >= 0.3 is 11.6 Å². The summed E-state index contributed by atoms with van der Waals surface area (Å²) in [5, 5.41) is 3.53. The number of nitrogens with one attached hydrogen (secondary N) is 1. The highest BCUT2D eigenvalue weighted by molar-refractivity contribution is 5.83. The summed E-state index contributed by atoms with van der Waals surface area (Å²) in [5.41, 5.74) is 1.77. The number of hydrogen-bond acceptors (Lipinski definition) is 6. The SMILES string of the molecule is CCc1cc2c(C)cc(=O)oc2cc1OCC(=O)NCCCC(=O)OC. The Bertz CT molecular complexity index is 855. The molecule has 0 aliphatic carbocycles. The first-order valence-electron chi connectivity index (χ1n) is 8.48. The molecule has 0 aliphatic heterocycles. The predicted octanol–water partition coefficient (Wildman–Crippen LogP) is 2.11. The number of ether oxygens (including phenoxy) is 2. The van der Waals surface area contributed by atoms with Crippen LogP contribution in [0.5, 0.6) is 5.75 Å². The van der Waals surface area contributed by atoms with Gasteiger partial charge in [-0.05, 0) is 37.0 Å². The highest BCUT2D eigenvalue weighted by Crippen LogP contribution is 2.27. The molecule has 0 saturated heterocycles. The Balaban J connectivity index is 2.00. The van der Waals surface area contributed by atoms with E-state index in [-0.39, 0.29) is 24.9 Å². The van der Waals surface area contributed by atoms with Crippen molar-refractivity contribution in [3.8, 4) is 5.75 Å². The molecule has 1 amide bonds. The molecule has 2 rings (SSSR count). The van der Waals surface area contributed by atoms with Gasteiger partial charge in [0.25, 0.3) is 5.91 Å². The number of methoxy groups -OCH3 is 1. The lowest BCUT2D eigenvalue weighted by Gasteiger charge is -2.12.